The molecule has 0 radical (unpaired) electrons. The van der Waals surface area contributed by atoms with Crippen molar-refractivity contribution in [1.82, 2.24) is 10.6 Å². The van der Waals surface area contributed by atoms with Gasteiger partial charge in [0.15, 0.2) is 0 Å². The van der Waals surface area contributed by atoms with Crippen LogP contribution >= 0.6 is 0 Å². The molecule has 0 bridgehead atoms. The van der Waals surface area contributed by atoms with E-state index in [0.717, 1.165) is 38.5 Å². The van der Waals surface area contributed by atoms with E-state index in [4.69, 9.17) is 5.11 Å². The van der Waals surface area contributed by atoms with Crippen molar-refractivity contribution in [2.45, 2.75) is 84.0 Å². The number of carboxylic acid groups (broad SMARTS) is 1. The minimum Gasteiger partial charge on any atom is -0.481 e. The Bertz CT molecular complexity index is 352. The molecular formula is C18H34N2O3. The molecule has 0 aromatic carbocycles. The summed E-state index contributed by atoms with van der Waals surface area (Å²) in [5.74, 6) is -0.763. The maximum atomic E-state index is 11.9. The average Bonchev–Trinajstić information content (AvgIpc) is 2.52. The molecule has 0 atom stereocenters. The minimum atomic E-state index is -0.763. The molecule has 1 aliphatic carbocycles. The molecule has 0 aromatic heterocycles. The fourth-order valence-electron chi connectivity index (χ4n) is 3.48. The van der Waals surface area contributed by atoms with Gasteiger partial charge in [0.2, 0.25) is 0 Å². The first-order valence-corrected chi connectivity index (χ1v) is 9.31. The van der Waals surface area contributed by atoms with Gasteiger partial charge in [-0.05, 0) is 24.7 Å². The summed E-state index contributed by atoms with van der Waals surface area (Å²) in [7, 11) is 0. The van der Waals surface area contributed by atoms with E-state index in [9.17, 15) is 9.59 Å². The molecule has 23 heavy (non-hydrogen) atoms. The molecule has 0 heterocycles. The molecule has 0 unspecified atom stereocenters. The highest BCUT2D eigenvalue weighted by Crippen LogP contribution is 2.38. The van der Waals surface area contributed by atoms with Gasteiger partial charge in [0.25, 0.3) is 0 Å². The molecular weight excluding hydrogens is 292 g/mol. The normalized spacial score (nSPS) is 16.7. The second-order valence-corrected chi connectivity index (χ2v) is 7.01. The van der Waals surface area contributed by atoms with Crippen molar-refractivity contribution in [2.24, 2.45) is 5.41 Å². The Hall–Kier alpha value is -1.26. The van der Waals surface area contributed by atoms with Crippen LogP contribution in [0.4, 0.5) is 4.79 Å². The van der Waals surface area contributed by atoms with E-state index in [1.54, 1.807) is 0 Å². The van der Waals surface area contributed by atoms with Crippen molar-refractivity contribution in [3.05, 3.63) is 0 Å². The van der Waals surface area contributed by atoms with Crippen molar-refractivity contribution in [2.75, 3.05) is 13.1 Å². The molecule has 0 aromatic rings. The SMILES string of the molecule is CCCCCCCCNC(=O)NCC1(CC(=O)O)CCCCC1. The third-order valence-corrected chi connectivity index (χ3v) is 4.88. The number of carbonyl (C=O) groups excluding carboxylic acids is 1. The summed E-state index contributed by atoms with van der Waals surface area (Å²) in [6.07, 6.45) is 12.5. The first kappa shape index (κ1) is 19.8. The van der Waals surface area contributed by atoms with E-state index in [-0.39, 0.29) is 17.9 Å². The molecule has 134 valence electrons. The number of carbonyl (C=O) groups is 2. The summed E-state index contributed by atoms with van der Waals surface area (Å²) in [5.41, 5.74) is -0.248. The largest absolute Gasteiger partial charge is 0.481 e. The number of amides is 2. The lowest BCUT2D eigenvalue weighted by atomic mass is 9.72. The number of hydrogen-bond acceptors (Lipinski definition) is 2. The summed E-state index contributed by atoms with van der Waals surface area (Å²) in [5, 5.41) is 14.9. The van der Waals surface area contributed by atoms with Gasteiger partial charge in [0, 0.05) is 13.1 Å². The van der Waals surface area contributed by atoms with Crippen molar-refractivity contribution in [3.63, 3.8) is 0 Å². The predicted molar refractivity (Wildman–Crippen MR) is 92.5 cm³/mol. The van der Waals surface area contributed by atoms with E-state index in [2.05, 4.69) is 17.6 Å². The van der Waals surface area contributed by atoms with Gasteiger partial charge >= 0.3 is 12.0 Å². The van der Waals surface area contributed by atoms with Crippen LogP contribution < -0.4 is 10.6 Å². The third kappa shape index (κ3) is 8.82. The smallest absolute Gasteiger partial charge is 0.314 e. The highest BCUT2D eigenvalue weighted by molar-refractivity contribution is 5.74. The summed E-state index contributed by atoms with van der Waals surface area (Å²) >= 11 is 0. The maximum Gasteiger partial charge on any atom is 0.314 e. The van der Waals surface area contributed by atoms with Crippen LogP contribution in [0.5, 0.6) is 0 Å². The van der Waals surface area contributed by atoms with Crippen LogP contribution in [0.15, 0.2) is 0 Å². The lowest BCUT2D eigenvalue weighted by Crippen LogP contribution is -2.44. The number of nitrogens with one attached hydrogen (secondary N) is 2. The Labute approximate surface area is 140 Å². The molecule has 3 N–H and O–H groups in total. The lowest BCUT2D eigenvalue weighted by Gasteiger charge is -2.36. The molecule has 0 aliphatic heterocycles. The zero-order chi connectivity index (χ0) is 17.0. The van der Waals surface area contributed by atoms with E-state index in [1.807, 2.05) is 0 Å². The van der Waals surface area contributed by atoms with Gasteiger partial charge in [-0.2, -0.15) is 0 Å². The highest BCUT2D eigenvalue weighted by Gasteiger charge is 2.34. The van der Waals surface area contributed by atoms with Crippen LogP contribution in [0.1, 0.15) is 84.0 Å². The Morgan fingerprint density at radius 1 is 0.957 bits per heavy atom. The predicted octanol–water partition coefficient (Wildman–Crippen LogP) is 4.07. The number of urea groups is 1. The Balaban J connectivity index is 2.18. The van der Waals surface area contributed by atoms with E-state index >= 15 is 0 Å². The second kappa shape index (κ2) is 11.3. The summed E-state index contributed by atoms with van der Waals surface area (Å²) in [4.78, 5) is 23.0. The van der Waals surface area contributed by atoms with Gasteiger partial charge in [-0.1, -0.05) is 58.3 Å². The van der Waals surface area contributed by atoms with Crippen LogP contribution in [0, 0.1) is 5.41 Å². The zero-order valence-electron chi connectivity index (χ0n) is 14.7. The number of hydrogen-bond donors (Lipinski definition) is 3. The quantitative estimate of drug-likeness (QED) is 0.501. The minimum absolute atomic E-state index is 0.157. The van der Waals surface area contributed by atoms with Gasteiger partial charge in [-0.25, -0.2) is 4.79 Å². The van der Waals surface area contributed by atoms with Crippen LogP contribution in [0.25, 0.3) is 0 Å². The zero-order valence-corrected chi connectivity index (χ0v) is 14.7. The maximum absolute atomic E-state index is 11.9. The topological polar surface area (TPSA) is 78.4 Å². The standard InChI is InChI=1S/C18H34N2O3/c1-2-3-4-5-6-10-13-19-17(23)20-15-18(14-16(21)22)11-8-7-9-12-18/h2-15H2,1H3,(H,21,22)(H2,19,20,23). The van der Waals surface area contributed by atoms with Gasteiger partial charge < -0.3 is 15.7 Å². The molecule has 1 fully saturated rings. The number of rotatable bonds is 11. The van der Waals surface area contributed by atoms with Crippen molar-refractivity contribution in [1.29, 1.82) is 0 Å². The molecule has 5 nitrogen and oxygen atoms in total. The molecule has 1 rings (SSSR count). The summed E-state index contributed by atoms with van der Waals surface area (Å²) in [6, 6.07) is -0.158. The Morgan fingerprint density at radius 3 is 2.26 bits per heavy atom. The van der Waals surface area contributed by atoms with Crippen molar-refractivity contribution < 1.29 is 14.7 Å². The van der Waals surface area contributed by atoms with Crippen LogP contribution in [0.2, 0.25) is 0 Å². The third-order valence-electron chi connectivity index (χ3n) is 4.88. The van der Waals surface area contributed by atoms with Crippen LogP contribution in [0.3, 0.4) is 0 Å². The first-order chi connectivity index (χ1) is 11.1. The highest BCUT2D eigenvalue weighted by atomic mass is 16.4. The van der Waals surface area contributed by atoms with Gasteiger partial charge in [0.05, 0.1) is 6.42 Å². The number of unbranched alkanes of at least 4 members (excludes halogenated alkanes) is 5. The monoisotopic (exact) mass is 326 g/mol. The molecule has 0 saturated heterocycles. The lowest BCUT2D eigenvalue weighted by molar-refractivity contribution is -0.140. The Morgan fingerprint density at radius 2 is 1.61 bits per heavy atom. The molecule has 1 aliphatic rings. The van der Waals surface area contributed by atoms with Crippen LogP contribution in [-0.2, 0) is 4.79 Å². The van der Waals surface area contributed by atoms with E-state index < -0.39 is 5.97 Å². The van der Waals surface area contributed by atoms with Crippen molar-refractivity contribution in [3.8, 4) is 0 Å². The van der Waals surface area contributed by atoms with Gasteiger partial charge in [-0.15, -0.1) is 0 Å². The van der Waals surface area contributed by atoms with Crippen LogP contribution in [-0.4, -0.2) is 30.2 Å². The molecule has 2 amide bonds. The van der Waals surface area contributed by atoms with Gasteiger partial charge in [0.1, 0.15) is 0 Å². The number of aliphatic carboxylic acids is 1. The van der Waals surface area contributed by atoms with Gasteiger partial charge in [-0.3, -0.25) is 4.79 Å². The summed E-state index contributed by atoms with van der Waals surface area (Å²) < 4.78 is 0. The fraction of sp³-hybridized carbons (Fsp3) is 0.889. The average molecular weight is 326 g/mol. The fourth-order valence-corrected chi connectivity index (χ4v) is 3.48. The first-order valence-electron chi connectivity index (χ1n) is 9.31. The molecule has 1 saturated carbocycles. The van der Waals surface area contributed by atoms with Crippen molar-refractivity contribution >= 4 is 12.0 Å². The molecule has 5 heteroatoms. The van der Waals surface area contributed by atoms with E-state index in [1.165, 1.54) is 32.1 Å². The summed E-state index contributed by atoms with van der Waals surface area (Å²) in [6.45, 7) is 3.38. The number of carboxylic acids is 1. The Kier molecular flexibility index (Phi) is 9.72. The second-order valence-electron chi connectivity index (χ2n) is 7.01. The molecule has 0 spiro atoms. The van der Waals surface area contributed by atoms with E-state index in [0.29, 0.717) is 13.1 Å².